The summed E-state index contributed by atoms with van der Waals surface area (Å²) < 4.78 is 0. The molecule has 4 heteroatoms. The lowest BCUT2D eigenvalue weighted by Gasteiger charge is -2.23. The van der Waals surface area contributed by atoms with Gasteiger partial charge in [-0.2, -0.15) is 0 Å². The van der Waals surface area contributed by atoms with E-state index in [1.54, 1.807) is 18.6 Å². The van der Waals surface area contributed by atoms with Crippen LogP contribution in [0.2, 0.25) is 0 Å². The third-order valence-corrected chi connectivity index (χ3v) is 2.63. The molecule has 88 valence electrons. The van der Waals surface area contributed by atoms with Gasteiger partial charge in [0, 0.05) is 18.9 Å². The van der Waals surface area contributed by atoms with Crippen molar-refractivity contribution in [3.05, 3.63) is 48.5 Å². The van der Waals surface area contributed by atoms with Crippen molar-refractivity contribution in [1.29, 1.82) is 0 Å². The van der Waals surface area contributed by atoms with Crippen molar-refractivity contribution in [2.45, 2.75) is 13.5 Å². The number of anilines is 2. The van der Waals surface area contributed by atoms with Crippen LogP contribution in [-0.2, 0) is 6.54 Å². The maximum absolute atomic E-state index is 5.93. The Bertz CT molecular complexity index is 470. The Morgan fingerprint density at radius 3 is 2.76 bits per heavy atom. The Kier molecular flexibility index (Phi) is 3.55. The Balaban J connectivity index is 2.21. The van der Waals surface area contributed by atoms with Gasteiger partial charge in [0.15, 0.2) is 0 Å². The highest BCUT2D eigenvalue weighted by Crippen LogP contribution is 2.22. The maximum atomic E-state index is 5.93. The van der Waals surface area contributed by atoms with E-state index in [1.807, 2.05) is 24.3 Å². The summed E-state index contributed by atoms with van der Waals surface area (Å²) in [6.07, 6.45) is 5.24. The Morgan fingerprint density at radius 1 is 1.24 bits per heavy atom. The van der Waals surface area contributed by atoms with Crippen LogP contribution >= 0.6 is 0 Å². The van der Waals surface area contributed by atoms with Crippen molar-refractivity contribution < 1.29 is 0 Å². The number of nitrogen functional groups attached to an aromatic ring is 1. The first-order valence-electron chi connectivity index (χ1n) is 5.65. The highest BCUT2D eigenvalue weighted by Gasteiger charge is 2.08. The molecule has 0 radical (unpaired) electrons. The fourth-order valence-corrected chi connectivity index (χ4v) is 1.74. The van der Waals surface area contributed by atoms with E-state index < -0.39 is 0 Å². The quantitative estimate of drug-likeness (QED) is 0.870. The van der Waals surface area contributed by atoms with Gasteiger partial charge in [-0.05, 0) is 25.1 Å². The summed E-state index contributed by atoms with van der Waals surface area (Å²) >= 11 is 0. The van der Waals surface area contributed by atoms with Crippen molar-refractivity contribution in [3.63, 3.8) is 0 Å². The van der Waals surface area contributed by atoms with Gasteiger partial charge in [-0.15, -0.1) is 0 Å². The van der Waals surface area contributed by atoms with E-state index in [1.165, 1.54) is 0 Å². The monoisotopic (exact) mass is 228 g/mol. The number of hydrogen-bond acceptors (Lipinski definition) is 4. The molecule has 0 aromatic carbocycles. The number of hydrogen-bond donors (Lipinski definition) is 1. The highest BCUT2D eigenvalue weighted by molar-refractivity contribution is 5.65. The average Bonchev–Trinajstić information content (AvgIpc) is 2.38. The summed E-state index contributed by atoms with van der Waals surface area (Å²) in [4.78, 5) is 10.5. The minimum absolute atomic E-state index is 0.699. The zero-order valence-corrected chi connectivity index (χ0v) is 9.87. The molecule has 2 heterocycles. The molecule has 0 aliphatic rings. The molecular formula is C13H16N4. The van der Waals surface area contributed by atoms with Crippen molar-refractivity contribution >= 4 is 11.4 Å². The molecule has 2 rings (SSSR count). The molecule has 0 fully saturated rings. The first kappa shape index (κ1) is 11.4. The summed E-state index contributed by atoms with van der Waals surface area (Å²) in [5.41, 5.74) is 8.67. The fourth-order valence-electron chi connectivity index (χ4n) is 1.74. The van der Waals surface area contributed by atoms with E-state index in [0.717, 1.165) is 24.5 Å². The molecule has 0 amide bonds. The summed E-state index contributed by atoms with van der Waals surface area (Å²) in [6.45, 7) is 3.74. The lowest BCUT2D eigenvalue weighted by molar-refractivity contribution is 0.810. The van der Waals surface area contributed by atoms with Crippen molar-refractivity contribution in [2.24, 2.45) is 0 Å². The molecule has 0 bridgehead atoms. The summed E-state index contributed by atoms with van der Waals surface area (Å²) in [5.74, 6) is 0. The minimum atomic E-state index is 0.699. The molecule has 0 aliphatic heterocycles. The minimum Gasteiger partial charge on any atom is -0.396 e. The lowest BCUT2D eigenvalue weighted by Crippen LogP contribution is -2.23. The number of nitrogens with two attached hydrogens (primary N) is 1. The molecular weight excluding hydrogens is 212 g/mol. The Hall–Kier alpha value is -2.10. The van der Waals surface area contributed by atoms with Gasteiger partial charge in [-0.3, -0.25) is 9.97 Å². The number of rotatable bonds is 4. The average molecular weight is 228 g/mol. The van der Waals surface area contributed by atoms with Gasteiger partial charge in [-0.1, -0.05) is 6.07 Å². The van der Waals surface area contributed by atoms with Gasteiger partial charge in [0.05, 0.1) is 29.8 Å². The summed E-state index contributed by atoms with van der Waals surface area (Å²) in [5, 5.41) is 0. The first-order valence-corrected chi connectivity index (χ1v) is 5.65. The van der Waals surface area contributed by atoms with Crippen LogP contribution < -0.4 is 10.6 Å². The molecule has 2 aromatic heterocycles. The van der Waals surface area contributed by atoms with E-state index in [4.69, 9.17) is 5.73 Å². The Labute approximate surface area is 101 Å². The third kappa shape index (κ3) is 2.72. The molecule has 0 saturated heterocycles. The number of aromatic nitrogens is 2. The van der Waals surface area contributed by atoms with Gasteiger partial charge in [0.1, 0.15) is 0 Å². The van der Waals surface area contributed by atoms with E-state index in [2.05, 4.69) is 21.8 Å². The van der Waals surface area contributed by atoms with E-state index in [9.17, 15) is 0 Å². The normalized spacial score (nSPS) is 10.2. The molecule has 0 saturated carbocycles. The Morgan fingerprint density at radius 2 is 2.12 bits per heavy atom. The number of pyridine rings is 2. The van der Waals surface area contributed by atoms with Crippen LogP contribution in [-0.4, -0.2) is 16.5 Å². The molecule has 17 heavy (non-hydrogen) atoms. The van der Waals surface area contributed by atoms with Crippen LogP contribution in [0.1, 0.15) is 12.6 Å². The number of nitrogens with zero attached hydrogens (tertiary/aromatic N) is 3. The summed E-state index contributed by atoms with van der Waals surface area (Å²) in [7, 11) is 0. The van der Waals surface area contributed by atoms with Crippen molar-refractivity contribution in [2.75, 3.05) is 17.2 Å². The van der Waals surface area contributed by atoms with Crippen molar-refractivity contribution in [3.8, 4) is 0 Å². The molecule has 4 nitrogen and oxygen atoms in total. The lowest BCUT2D eigenvalue weighted by atomic mass is 10.2. The molecule has 0 unspecified atom stereocenters. The zero-order chi connectivity index (χ0) is 12.1. The van der Waals surface area contributed by atoms with Crippen molar-refractivity contribution in [1.82, 2.24) is 9.97 Å². The standard InChI is InChI=1S/C13H16N4/c1-2-17(10-11-5-3-4-7-16-11)13-6-8-15-9-12(13)14/h3-9H,2,10,14H2,1H3. The highest BCUT2D eigenvalue weighted by atomic mass is 15.1. The smallest absolute Gasteiger partial charge is 0.0738 e. The second-order valence-corrected chi connectivity index (χ2v) is 3.77. The molecule has 0 atom stereocenters. The second kappa shape index (κ2) is 5.30. The fraction of sp³-hybridized carbons (Fsp3) is 0.231. The van der Waals surface area contributed by atoms with E-state index in [-0.39, 0.29) is 0 Å². The topological polar surface area (TPSA) is 55.0 Å². The van der Waals surface area contributed by atoms with Crippen LogP contribution in [0.5, 0.6) is 0 Å². The summed E-state index contributed by atoms with van der Waals surface area (Å²) in [6, 6.07) is 7.86. The first-order chi connectivity index (χ1) is 8.31. The molecule has 2 N–H and O–H groups in total. The maximum Gasteiger partial charge on any atom is 0.0738 e. The predicted octanol–water partition coefficient (Wildman–Crippen LogP) is 2.09. The second-order valence-electron chi connectivity index (χ2n) is 3.77. The molecule has 0 spiro atoms. The third-order valence-electron chi connectivity index (χ3n) is 2.63. The van der Waals surface area contributed by atoms with Gasteiger partial charge in [-0.25, -0.2) is 0 Å². The van der Waals surface area contributed by atoms with E-state index >= 15 is 0 Å². The van der Waals surface area contributed by atoms with Gasteiger partial charge >= 0.3 is 0 Å². The van der Waals surface area contributed by atoms with Crippen LogP contribution in [0, 0.1) is 0 Å². The molecule has 0 aliphatic carbocycles. The van der Waals surface area contributed by atoms with Crippen LogP contribution in [0.4, 0.5) is 11.4 Å². The van der Waals surface area contributed by atoms with Gasteiger partial charge in [0.25, 0.3) is 0 Å². The predicted molar refractivity (Wildman–Crippen MR) is 69.6 cm³/mol. The van der Waals surface area contributed by atoms with Gasteiger partial charge < -0.3 is 10.6 Å². The molecule has 2 aromatic rings. The van der Waals surface area contributed by atoms with Crippen LogP contribution in [0.25, 0.3) is 0 Å². The van der Waals surface area contributed by atoms with Crippen LogP contribution in [0.3, 0.4) is 0 Å². The largest absolute Gasteiger partial charge is 0.396 e. The van der Waals surface area contributed by atoms with Crippen LogP contribution in [0.15, 0.2) is 42.9 Å². The SMILES string of the molecule is CCN(Cc1ccccn1)c1ccncc1N. The van der Waals surface area contributed by atoms with Gasteiger partial charge in [0.2, 0.25) is 0 Å². The van der Waals surface area contributed by atoms with E-state index in [0.29, 0.717) is 5.69 Å². The zero-order valence-electron chi connectivity index (χ0n) is 9.87.